The van der Waals surface area contributed by atoms with Gasteiger partial charge in [-0.25, -0.2) is 0 Å². The van der Waals surface area contributed by atoms with Gasteiger partial charge in [-0.15, -0.1) is 0 Å². The molecule has 2 aromatic carbocycles. The lowest BCUT2D eigenvalue weighted by Gasteiger charge is -2.22. The number of aldehydes is 1. The molecule has 2 aromatic rings. The van der Waals surface area contributed by atoms with E-state index in [1.165, 1.54) is 5.56 Å². The fourth-order valence-electron chi connectivity index (χ4n) is 2.93. The lowest BCUT2D eigenvalue weighted by molar-refractivity contribution is -0.111. The minimum absolute atomic E-state index is 0.199. The van der Waals surface area contributed by atoms with E-state index in [4.69, 9.17) is 0 Å². The van der Waals surface area contributed by atoms with Crippen LogP contribution >= 0.6 is 0 Å². The van der Waals surface area contributed by atoms with Gasteiger partial charge in [0.1, 0.15) is 12.0 Å². The van der Waals surface area contributed by atoms with E-state index < -0.39 is 5.41 Å². The molecule has 0 heterocycles. The molecular formula is C19H22O2. The zero-order valence-corrected chi connectivity index (χ0v) is 13.3. The van der Waals surface area contributed by atoms with Gasteiger partial charge in [-0.05, 0) is 51.3 Å². The maximum Gasteiger partial charge on any atom is 0.130 e. The van der Waals surface area contributed by atoms with E-state index in [1.54, 1.807) is 0 Å². The lowest BCUT2D eigenvalue weighted by atomic mass is 9.82. The third-order valence-electron chi connectivity index (χ3n) is 3.97. The van der Waals surface area contributed by atoms with Gasteiger partial charge in [0, 0.05) is 16.5 Å². The van der Waals surface area contributed by atoms with Crippen LogP contribution in [-0.2, 0) is 10.2 Å². The van der Waals surface area contributed by atoms with E-state index in [9.17, 15) is 9.90 Å². The Morgan fingerprint density at radius 1 is 1.05 bits per heavy atom. The zero-order valence-electron chi connectivity index (χ0n) is 13.3. The number of carbonyl (C=O) groups excluding carboxylic acids is 1. The van der Waals surface area contributed by atoms with E-state index in [1.807, 2.05) is 45.9 Å². The largest absolute Gasteiger partial charge is 0.507 e. The molecule has 0 radical (unpaired) electrons. The summed E-state index contributed by atoms with van der Waals surface area (Å²) in [5, 5.41) is 10.7. The first-order chi connectivity index (χ1) is 9.77. The monoisotopic (exact) mass is 282 g/mol. The van der Waals surface area contributed by atoms with Crippen molar-refractivity contribution in [1.82, 2.24) is 0 Å². The number of hydrogen-bond donors (Lipinski definition) is 1. The van der Waals surface area contributed by atoms with Crippen molar-refractivity contribution >= 4 is 6.29 Å². The quantitative estimate of drug-likeness (QED) is 0.844. The average molecular weight is 282 g/mol. The topological polar surface area (TPSA) is 37.3 Å². The van der Waals surface area contributed by atoms with Crippen molar-refractivity contribution in [3.8, 4) is 16.9 Å². The highest BCUT2D eigenvalue weighted by Gasteiger charge is 2.25. The SMILES string of the molecule is Cc1cc(C)c(-c2cccc(C(C)(C)C=O)c2O)c(C)c1. The molecule has 0 aromatic heterocycles. The standard InChI is InChI=1S/C19H22O2/c1-12-9-13(2)17(14(3)10-12)15-7-6-8-16(18(15)21)19(4,5)11-20/h6-11,21H,1-5H3. The maximum absolute atomic E-state index is 11.3. The molecule has 0 aliphatic heterocycles. The molecule has 0 aliphatic rings. The van der Waals surface area contributed by atoms with Gasteiger partial charge in [0.2, 0.25) is 0 Å². The van der Waals surface area contributed by atoms with E-state index >= 15 is 0 Å². The predicted molar refractivity (Wildman–Crippen MR) is 86.8 cm³/mol. The second-order valence-corrected chi connectivity index (χ2v) is 6.31. The van der Waals surface area contributed by atoms with Crippen LogP contribution in [0.1, 0.15) is 36.1 Å². The lowest BCUT2D eigenvalue weighted by Crippen LogP contribution is -2.19. The van der Waals surface area contributed by atoms with E-state index in [0.29, 0.717) is 5.56 Å². The number of phenolic OH excluding ortho intramolecular Hbond substituents is 1. The first kappa shape index (κ1) is 15.3. The number of hydrogen-bond acceptors (Lipinski definition) is 2. The van der Waals surface area contributed by atoms with Gasteiger partial charge >= 0.3 is 0 Å². The van der Waals surface area contributed by atoms with Crippen LogP contribution < -0.4 is 0 Å². The Bertz CT molecular complexity index is 674. The van der Waals surface area contributed by atoms with Crippen molar-refractivity contribution in [2.24, 2.45) is 0 Å². The van der Waals surface area contributed by atoms with E-state index in [0.717, 1.165) is 28.5 Å². The second kappa shape index (κ2) is 5.36. The molecule has 0 spiro atoms. The molecule has 0 saturated heterocycles. The third-order valence-corrected chi connectivity index (χ3v) is 3.97. The van der Waals surface area contributed by atoms with Crippen molar-refractivity contribution < 1.29 is 9.90 Å². The highest BCUT2D eigenvalue weighted by Crippen LogP contribution is 2.40. The second-order valence-electron chi connectivity index (χ2n) is 6.31. The van der Waals surface area contributed by atoms with Gasteiger partial charge < -0.3 is 9.90 Å². The highest BCUT2D eigenvalue weighted by molar-refractivity contribution is 5.80. The predicted octanol–water partition coefficient (Wildman–Crippen LogP) is 4.46. The van der Waals surface area contributed by atoms with Crippen LogP contribution in [-0.4, -0.2) is 11.4 Å². The fourth-order valence-corrected chi connectivity index (χ4v) is 2.93. The van der Waals surface area contributed by atoms with Crippen LogP contribution in [0.4, 0.5) is 0 Å². The number of aryl methyl sites for hydroxylation is 3. The summed E-state index contributed by atoms with van der Waals surface area (Å²) in [4.78, 5) is 11.3. The van der Waals surface area contributed by atoms with Crippen LogP contribution in [0.3, 0.4) is 0 Å². The summed E-state index contributed by atoms with van der Waals surface area (Å²) in [7, 11) is 0. The molecule has 0 saturated carbocycles. The Morgan fingerprint density at radius 2 is 1.62 bits per heavy atom. The molecule has 0 unspecified atom stereocenters. The molecular weight excluding hydrogens is 260 g/mol. The molecule has 21 heavy (non-hydrogen) atoms. The van der Waals surface area contributed by atoms with Gasteiger partial charge in [0.05, 0.1) is 0 Å². The van der Waals surface area contributed by atoms with Crippen LogP contribution in [0, 0.1) is 20.8 Å². The maximum atomic E-state index is 11.3. The molecule has 0 amide bonds. The van der Waals surface area contributed by atoms with Crippen molar-refractivity contribution in [2.45, 2.75) is 40.0 Å². The molecule has 0 atom stereocenters. The minimum Gasteiger partial charge on any atom is -0.507 e. The molecule has 0 fully saturated rings. The Hall–Kier alpha value is -2.09. The van der Waals surface area contributed by atoms with Crippen molar-refractivity contribution in [2.75, 3.05) is 0 Å². The van der Waals surface area contributed by atoms with Crippen LogP contribution in [0.15, 0.2) is 30.3 Å². The molecule has 2 rings (SSSR count). The minimum atomic E-state index is -0.702. The van der Waals surface area contributed by atoms with Gasteiger partial charge in [0.25, 0.3) is 0 Å². The number of benzene rings is 2. The summed E-state index contributed by atoms with van der Waals surface area (Å²) in [5.74, 6) is 0.199. The molecule has 2 nitrogen and oxygen atoms in total. The summed E-state index contributed by atoms with van der Waals surface area (Å²) in [6.45, 7) is 9.79. The number of aromatic hydroxyl groups is 1. The van der Waals surface area contributed by atoms with Gasteiger partial charge in [0.15, 0.2) is 0 Å². The Balaban J connectivity index is 2.73. The summed E-state index contributed by atoms with van der Waals surface area (Å²) >= 11 is 0. The smallest absolute Gasteiger partial charge is 0.130 e. The summed E-state index contributed by atoms with van der Waals surface area (Å²) in [5.41, 5.74) is 5.26. The number of para-hydroxylation sites is 1. The fraction of sp³-hybridized carbons (Fsp3) is 0.316. The molecule has 2 heteroatoms. The zero-order chi connectivity index (χ0) is 15.8. The molecule has 110 valence electrons. The normalized spacial score (nSPS) is 11.5. The molecule has 0 aliphatic carbocycles. The first-order valence-corrected chi connectivity index (χ1v) is 7.15. The number of carbonyl (C=O) groups is 1. The molecule has 0 bridgehead atoms. The third kappa shape index (κ3) is 2.71. The highest BCUT2D eigenvalue weighted by atomic mass is 16.3. The van der Waals surface area contributed by atoms with Crippen molar-refractivity contribution in [3.63, 3.8) is 0 Å². The van der Waals surface area contributed by atoms with Crippen LogP contribution in [0.2, 0.25) is 0 Å². The summed E-state index contributed by atoms with van der Waals surface area (Å²) < 4.78 is 0. The summed E-state index contributed by atoms with van der Waals surface area (Å²) in [6.07, 6.45) is 0.876. The van der Waals surface area contributed by atoms with E-state index in [-0.39, 0.29) is 5.75 Å². The number of rotatable bonds is 3. The van der Waals surface area contributed by atoms with Gasteiger partial charge in [-0.1, -0.05) is 35.9 Å². The average Bonchev–Trinajstić information content (AvgIpc) is 2.39. The Kier molecular flexibility index (Phi) is 3.91. The van der Waals surface area contributed by atoms with Crippen LogP contribution in [0.5, 0.6) is 5.75 Å². The van der Waals surface area contributed by atoms with Gasteiger partial charge in [-0.3, -0.25) is 0 Å². The Labute approximate surface area is 126 Å². The first-order valence-electron chi connectivity index (χ1n) is 7.15. The summed E-state index contributed by atoms with van der Waals surface area (Å²) in [6, 6.07) is 9.84. The number of phenols is 1. The molecule has 1 N–H and O–H groups in total. The van der Waals surface area contributed by atoms with Gasteiger partial charge in [-0.2, -0.15) is 0 Å². The van der Waals surface area contributed by atoms with Crippen molar-refractivity contribution in [3.05, 3.63) is 52.6 Å². The van der Waals surface area contributed by atoms with Crippen molar-refractivity contribution in [1.29, 1.82) is 0 Å². The van der Waals surface area contributed by atoms with E-state index in [2.05, 4.69) is 19.1 Å². The Morgan fingerprint density at radius 3 is 2.14 bits per heavy atom. The van der Waals surface area contributed by atoms with Crippen LogP contribution in [0.25, 0.3) is 11.1 Å².